The van der Waals surface area contributed by atoms with E-state index in [0.29, 0.717) is 0 Å². The first kappa shape index (κ1) is 16.9. The Kier molecular flexibility index (Phi) is 5.69. The van der Waals surface area contributed by atoms with Crippen LogP contribution in [0.4, 0.5) is 0 Å². The third-order valence-electron chi connectivity index (χ3n) is 3.51. The summed E-state index contributed by atoms with van der Waals surface area (Å²) in [5, 5.41) is 2.49. The predicted molar refractivity (Wildman–Crippen MR) is 70.5 cm³/mol. The molecule has 2 atom stereocenters. The molecular weight excluding hydrogens is 280 g/mol. The highest BCUT2D eigenvalue weighted by Gasteiger charge is 2.42. The molecule has 0 bridgehead atoms. The van der Waals surface area contributed by atoms with E-state index in [1.165, 1.54) is 6.92 Å². The Bertz CT molecular complexity index is 430. The molecule has 1 aliphatic carbocycles. The summed E-state index contributed by atoms with van der Waals surface area (Å²) in [6, 6.07) is -1.15. The number of hydrogen-bond donors (Lipinski definition) is 2. The van der Waals surface area contributed by atoms with Crippen LogP contribution in [0.2, 0.25) is 0 Å². The molecule has 3 N–H and O–H groups in total. The van der Waals surface area contributed by atoms with Gasteiger partial charge >= 0.3 is 11.9 Å². The number of nitrogens with one attached hydrogen (secondary N) is 1. The highest BCUT2D eigenvalue weighted by Crippen LogP contribution is 2.29. The minimum absolute atomic E-state index is 0.131. The molecule has 0 aromatic carbocycles. The number of carbonyl (C=O) groups excluding carboxylic acids is 4. The molecule has 0 aromatic rings. The van der Waals surface area contributed by atoms with E-state index >= 15 is 0 Å². The normalized spacial score (nSPS) is 16.8. The molecule has 0 unspecified atom stereocenters. The summed E-state index contributed by atoms with van der Waals surface area (Å²) in [7, 11) is 2.24. The summed E-state index contributed by atoms with van der Waals surface area (Å²) in [4.78, 5) is 46.8. The van der Waals surface area contributed by atoms with Crippen molar-refractivity contribution in [2.75, 3.05) is 14.2 Å². The van der Waals surface area contributed by atoms with E-state index in [1.54, 1.807) is 0 Å². The molecule has 2 amide bonds. The van der Waals surface area contributed by atoms with Gasteiger partial charge in [-0.1, -0.05) is 6.92 Å². The fourth-order valence-electron chi connectivity index (χ4n) is 2.05. The maximum absolute atomic E-state index is 11.8. The van der Waals surface area contributed by atoms with Crippen LogP contribution in [0.3, 0.4) is 0 Å². The molecule has 0 aromatic heterocycles. The quantitative estimate of drug-likeness (QED) is 0.457. The van der Waals surface area contributed by atoms with Gasteiger partial charge in [0.15, 0.2) is 5.92 Å². The van der Waals surface area contributed by atoms with Crippen LogP contribution in [0.1, 0.15) is 19.8 Å². The second-order valence-electron chi connectivity index (χ2n) is 5.05. The van der Waals surface area contributed by atoms with Crippen LogP contribution in [-0.2, 0) is 28.7 Å². The van der Waals surface area contributed by atoms with Gasteiger partial charge in [0.2, 0.25) is 11.8 Å². The number of esters is 2. The van der Waals surface area contributed by atoms with E-state index < -0.39 is 35.7 Å². The van der Waals surface area contributed by atoms with E-state index in [4.69, 9.17) is 5.73 Å². The highest BCUT2D eigenvalue weighted by atomic mass is 16.5. The van der Waals surface area contributed by atoms with Crippen molar-refractivity contribution >= 4 is 23.8 Å². The van der Waals surface area contributed by atoms with Crippen molar-refractivity contribution in [2.24, 2.45) is 23.5 Å². The van der Waals surface area contributed by atoms with Crippen molar-refractivity contribution in [1.82, 2.24) is 5.32 Å². The number of primary amides is 1. The van der Waals surface area contributed by atoms with Gasteiger partial charge in [0.25, 0.3) is 0 Å². The SMILES string of the molecule is COC(=O)C(C(=O)OC)[C@@H](C)[C@H](NC(=O)C1CC1)C(N)=O. The molecule has 1 fully saturated rings. The first-order valence-corrected chi connectivity index (χ1v) is 6.58. The Hall–Kier alpha value is -2.12. The standard InChI is InChI=1S/C13H20N2O6/c1-6(8(12(18)20-2)13(19)21-3)9(10(14)16)15-11(17)7-4-5-7/h6-9H,4-5H2,1-3H3,(H2,14,16)(H,15,17)/t6-,9+/m1/s1. The Labute approximate surface area is 122 Å². The smallest absolute Gasteiger partial charge is 0.320 e. The lowest BCUT2D eigenvalue weighted by atomic mass is 9.86. The van der Waals surface area contributed by atoms with Crippen molar-refractivity contribution in [3.63, 3.8) is 0 Å². The van der Waals surface area contributed by atoms with Crippen LogP contribution < -0.4 is 11.1 Å². The van der Waals surface area contributed by atoms with Crippen molar-refractivity contribution in [3.05, 3.63) is 0 Å². The molecule has 0 spiro atoms. The van der Waals surface area contributed by atoms with Crippen LogP contribution >= 0.6 is 0 Å². The summed E-state index contributed by atoms with van der Waals surface area (Å²) >= 11 is 0. The number of amides is 2. The predicted octanol–water partition coefficient (Wildman–Crippen LogP) is -1.04. The zero-order valence-electron chi connectivity index (χ0n) is 12.3. The monoisotopic (exact) mass is 300 g/mol. The highest BCUT2D eigenvalue weighted by molar-refractivity contribution is 5.97. The molecule has 0 heterocycles. The van der Waals surface area contributed by atoms with E-state index in [-0.39, 0.29) is 11.8 Å². The minimum atomic E-state index is -1.34. The average Bonchev–Trinajstić information content (AvgIpc) is 3.27. The molecule has 0 radical (unpaired) electrons. The summed E-state index contributed by atoms with van der Waals surface area (Å²) in [6.07, 6.45) is 1.51. The van der Waals surface area contributed by atoms with E-state index in [2.05, 4.69) is 14.8 Å². The molecule has 21 heavy (non-hydrogen) atoms. The van der Waals surface area contributed by atoms with Crippen molar-refractivity contribution < 1.29 is 28.7 Å². The maximum Gasteiger partial charge on any atom is 0.320 e. The summed E-state index contributed by atoms with van der Waals surface area (Å²) in [5.41, 5.74) is 5.27. The average molecular weight is 300 g/mol. The lowest BCUT2D eigenvalue weighted by Crippen LogP contribution is -2.53. The summed E-state index contributed by atoms with van der Waals surface area (Å²) in [5.74, 6) is -5.17. The number of hydrogen-bond acceptors (Lipinski definition) is 6. The second kappa shape index (κ2) is 7.05. The minimum Gasteiger partial charge on any atom is -0.468 e. The Balaban J connectivity index is 2.91. The topological polar surface area (TPSA) is 125 Å². The van der Waals surface area contributed by atoms with Crippen LogP contribution in [0.5, 0.6) is 0 Å². The molecule has 1 saturated carbocycles. The molecule has 1 aliphatic rings. The number of nitrogens with two attached hydrogens (primary N) is 1. The van der Waals surface area contributed by atoms with Crippen LogP contribution in [0, 0.1) is 17.8 Å². The fourth-order valence-corrected chi connectivity index (χ4v) is 2.05. The first-order valence-electron chi connectivity index (χ1n) is 6.58. The van der Waals surface area contributed by atoms with E-state index in [1.807, 2.05) is 0 Å². The number of methoxy groups -OCH3 is 2. The second-order valence-corrected chi connectivity index (χ2v) is 5.05. The molecule has 0 aliphatic heterocycles. The van der Waals surface area contributed by atoms with Gasteiger partial charge in [0.1, 0.15) is 6.04 Å². The molecule has 8 heteroatoms. The Morgan fingerprint density at radius 3 is 1.90 bits per heavy atom. The van der Waals surface area contributed by atoms with E-state index in [9.17, 15) is 19.2 Å². The Morgan fingerprint density at radius 2 is 1.57 bits per heavy atom. The van der Waals surface area contributed by atoms with Crippen molar-refractivity contribution in [3.8, 4) is 0 Å². The van der Waals surface area contributed by atoms with Crippen LogP contribution in [-0.4, -0.2) is 44.0 Å². The van der Waals surface area contributed by atoms with Crippen molar-refractivity contribution in [1.29, 1.82) is 0 Å². The molecule has 8 nitrogen and oxygen atoms in total. The van der Waals surface area contributed by atoms with Crippen molar-refractivity contribution in [2.45, 2.75) is 25.8 Å². The zero-order valence-corrected chi connectivity index (χ0v) is 12.3. The lowest BCUT2D eigenvalue weighted by Gasteiger charge is -2.26. The third-order valence-corrected chi connectivity index (χ3v) is 3.51. The summed E-state index contributed by atoms with van der Waals surface area (Å²) in [6.45, 7) is 1.46. The molecule has 1 rings (SSSR count). The van der Waals surface area contributed by atoms with Gasteiger partial charge in [-0.25, -0.2) is 0 Å². The van der Waals surface area contributed by atoms with Gasteiger partial charge in [-0.3, -0.25) is 19.2 Å². The maximum atomic E-state index is 11.8. The summed E-state index contributed by atoms with van der Waals surface area (Å²) < 4.78 is 9.09. The Morgan fingerprint density at radius 1 is 1.10 bits per heavy atom. The van der Waals surface area contributed by atoms with Gasteiger partial charge in [0.05, 0.1) is 14.2 Å². The van der Waals surface area contributed by atoms with Crippen LogP contribution in [0.25, 0.3) is 0 Å². The van der Waals surface area contributed by atoms with Gasteiger partial charge < -0.3 is 20.5 Å². The van der Waals surface area contributed by atoms with Gasteiger partial charge in [-0.15, -0.1) is 0 Å². The fraction of sp³-hybridized carbons (Fsp3) is 0.692. The largest absolute Gasteiger partial charge is 0.468 e. The molecular formula is C13H20N2O6. The number of ether oxygens (including phenoxy) is 2. The third kappa shape index (κ3) is 4.17. The van der Waals surface area contributed by atoms with Crippen LogP contribution in [0.15, 0.2) is 0 Å². The van der Waals surface area contributed by atoms with E-state index in [0.717, 1.165) is 27.1 Å². The first-order chi connectivity index (χ1) is 9.83. The van der Waals surface area contributed by atoms with Gasteiger partial charge in [0, 0.05) is 11.8 Å². The molecule has 118 valence electrons. The van der Waals surface area contributed by atoms with Gasteiger partial charge in [-0.05, 0) is 12.8 Å². The van der Waals surface area contributed by atoms with Gasteiger partial charge in [-0.2, -0.15) is 0 Å². The zero-order chi connectivity index (χ0) is 16.2. The molecule has 0 saturated heterocycles. The number of carbonyl (C=O) groups is 4. The number of rotatable bonds is 7. The lowest BCUT2D eigenvalue weighted by molar-refractivity contribution is -0.162.